The summed E-state index contributed by atoms with van der Waals surface area (Å²) >= 11 is 0. The number of ketones is 2. The Morgan fingerprint density at radius 1 is 1.15 bits per heavy atom. The minimum Gasteiger partial charge on any atom is -0.346 e. The molecule has 0 saturated carbocycles. The van der Waals surface area contributed by atoms with Crippen LogP contribution in [-0.4, -0.2) is 31.1 Å². The van der Waals surface area contributed by atoms with E-state index in [9.17, 15) is 18.4 Å². The maximum absolute atomic E-state index is 13.4. The summed E-state index contributed by atoms with van der Waals surface area (Å²) in [5.74, 6) is -3.82. The number of rotatable bonds is 8. The van der Waals surface area contributed by atoms with Crippen molar-refractivity contribution < 1.29 is 27.8 Å². The molecule has 0 spiro atoms. The summed E-state index contributed by atoms with van der Waals surface area (Å²) < 4.78 is 36.5. The minimum absolute atomic E-state index is 0.235. The van der Waals surface area contributed by atoms with E-state index in [1.165, 1.54) is 6.07 Å². The van der Waals surface area contributed by atoms with Gasteiger partial charge in [0.15, 0.2) is 23.2 Å². The van der Waals surface area contributed by atoms with Crippen LogP contribution >= 0.6 is 0 Å². The van der Waals surface area contributed by atoms with Gasteiger partial charge >= 0.3 is 0 Å². The van der Waals surface area contributed by atoms with E-state index in [1.54, 1.807) is 13.8 Å². The molecule has 110 valence electrons. The Balaban J connectivity index is 2.78. The van der Waals surface area contributed by atoms with Gasteiger partial charge in [-0.3, -0.25) is 9.59 Å². The van der Waals surface area contributed by atoms with Gasteiger partial charge in [0.2, 0.25) is 6.29 Å². The molecule has 1 aromatic carbocycles. The number of halogens is 2. The molecule has 0 radical (unpaired) electrons. The van der Waals surface area contributed by atoms with Crippen LogP contribution in [0.1, 0.15) is 30.6 Å². The van der Waals surface area contributed by atoms with Gasteiger partial charge in [0.1, 0.15) is 0 Å². The summed E-state index contributed by atoms with van der Waals surface area (Å²) in [6.45, 7) is 3.82. The van der Waals surface area contributed by atoms with Gasteiger partial charge in [0.25, 0.3) is 0 Å². The Morgan fingerprint density at radius 2 is 1.75 bits per heavy atom. The third-order valence-corrected chi connectivity index (χ3v) is 2.49. The molecule has 0 fully saturated rings. The van der Waals surface area contributed by atoms with Gasteiger partial charge in [-0.2, -0.15) is 0 Å². The van der Waals surface area contributed by atoms with Crippen LogP contribution in [0.3, 0.4) is 0 Å². The zero-order valence-corrected chi connectivity index (χ0v) is 11.3. The fourth-order valence-electron chi connectivity index (χ4n) is 1.59. The molecule has 0 aliphatic carbocycles. The Morgan fingerprint density at radius 3 is 2.30 bits per heavy atom. The lowest BCUT2D eigenvalue weighted by atomic mass is 10.0. The number of hydrogen-bond acceptors (Lipinski definition) is 4. The summed E-state index contributed by atoms with van der Waals surface area (Å²) in [4.78, 5) is 23.6. The second kappa shape index (κ2) is 7.81. The maximum Gasteiger partial charge on any atom is 0.218 e. The summed E-state index contributed by atoms with van der Waals surface area (Å²) in [5, 5.41) is 0. The molecule has 0 saturated heterocycles. The molecule has 0 unspecified atom stereocenters. The number of ether oxygens (including phenoxy) is 2. The molecule has 6 heteroatoms. The zero-order chi connectivity index (χ0) is 15.1. The highest BCUT2D eigenvalue weighted by molar-refractivity contribution is 6.08. The van der Waals surface area contributed by atoms with Gasteiger partial charge in [-0.15, -0.1) is 0 Å². The minimum atomic E-state index is -1.25. The van der Waals surface area contributed by atoms with Crippen molar-refractivity contribution in [1.29, 1.82) is 0 Å². The van der Waals surface area contributed by atoms with Crippen molar-refractivity contribution in [3.05, 3.63) is 35.4 Å². The Kier molecular flexibility index (Phi) is 6.41. The predicted molar refractivity (Wildman–Crippen MR) is 67.4 cm³/mol. The van der Waals surface area contributed by atoms with E-state index in [-0.39, 0.29) is 13.2 Å². The average molecular weight is 286 g/mol. The number of carbonyl (C=O) groups excluding carboxylic acids is 2. The summed E-state index contributed by atoms with van der Waals surface area (Å²) in [5.41, 5.74) is -0.454. The molecule has 20 heavy (non-hydrogen) atoms. The topological polar surface area (TPSA) is 52.6 Å². The lowest BCUT2D eigenvalue weighted by molar-refractivity contribution is -0.166. The van der Waals surface area contributed by atoms with Gasteiger partial charge in [-0.05, 0) is 26.0 Å². The van der Waals surface area contributed by atoms with Crippen molar-refractivity contribution in [3.63, 3.8) is 0 Å². The fraction of sp³-hybridized carbons (Fsp3) is 0.429. The van der Waals surface area contributed by atoms with Crippen molar-refractivity contribution in [2.45, 2.75) is 26.6 Å². The molecule has 1 rings (SSSR count). The van der Waals surface area contributed by atoms with Crippen LogP contribution in [-0.2, 0) is 14.3 Å². The largest absolute Gasteiger partial charge is 0.346 e. The van der Waals surface area contributed by atoms with E-state index in [0.717, 1.165) is 12.1 Å². The molecular formula is C14H16F2O4. The lowest BCUT2D eigenvalue weighted by Crippen LogP contribution is -2.29. The first-order chi connectivity index (χ1) is 9.51. The molecule has 0 aliphatic heterocycles. The average Bonchev–Trinajstić information content (AvgIpc) is 2.41. The van der Waals surface area contributed by atoms with E-state index < -0.39 is 41.5 Å². The van der Waals surface area contributed by atoms with Gasteiger partial charge in [0, 0.05) is 13.2 Å². The van der Waals surface area contributed by atoms with Crippen molar-refractivity contribution >= 4 is 11.6 Å². The van der Waals surface area contributed by atoms with Gasteiger partial charge < -0.3 is 9.47 Å². The molecule has 0 aliphatic rings. The molecule has 0 bridgehead atoms. The van der Waals surface area contributed by atoms with Crippen molar-refractivity contribution in [2.24, 2.45) is 0 Å². The number of benzene rings is 1. The smallest absolute Gasteiger partial charge is 0.218 e. The van der Waals surface area contributed by atoms with Crippen LogP contribution in [0.4, 0.5) is 8.78 Å². The standard InChI is InChI=1S/C14H16F2O4/c1-3-19-14(20-4-2)12(18)8-11(17)9-6-5-7-10(15)13(9)16/h5-7,14H,3-4,8H2,1-2H3. The molecule has 0 aromatic heterocycles. The van der Waals surface area contributed by atoms with Crippen LogP contribution in [0.25, 0.3) is 0 Å². The first kappa shape index (κ1) is 16.4. The van der Waals surface area contributed by atoms with Crippen LogP contribution in [0.15, 0.2) is 18.2 Å². The molecule has 1 aromatic rings. The summed E-state index contributed by atoms with van der Waals surface area (Å²) in [6.07, 6.45) is -1.77. The van der Waals surface area contributed by atoms with Crippen LogP contribution in [0.2, 0.25) is 0 Å². The third kappa shape index (κ3) is 4.18. The lowest BCUT2D eigenvalue weighted by Gasteiger charge is -2.15. The van der Waals surface area contributed by atoms with E-state index in [0.29, 0.717) is 0 Å². The van der Waals surface area contributed by atoms with Crippen molar-refractivity contribution in [2.75, 3.05) is 13.2 Å². The zero-order valence-electron chi connectivity index (χ0n) is 11.3. The predicted octanol–water partition coefficient (Wildman–Crippen LogP) is 2.51. The SMILES string of the molecule is CCOC(OCC)C(=O)CC(=O)c1cccc(F)c1F. The van der Waals surface area contributed by atoms with Crippen LogP contribution in [0, 0.1) is 11.6 Å². The maximum atomic E-state index is 13.4. The van der Waals surface area contributed by atoms with Crippen LogP contribution < -0.4 is 0 Å². The van der Waals surface area contributed by atoms with E-state index in [1.807, 2.05) is 0 Å². The van der Waals surface area contributed by atoms with E-state index in [2.05, 4.69) is 0 Å². The number of carbonyl (C=O) groups is 2. The highest BCUT2D eigenvalue weighted by Gasteiger charge is 2.24. The molecule has 0 atom stereocenters. The number of hydrogen-bond donors (Lipinski definition) is 0. The Labute approximate surface area is 115 Å². The molecule has 0 N–H and O–H groups in total. The quantitative estimate of drug-likeness (QED) is 0.418. The second-order valence-corrected chi connectivity index (χ2v) is 3.91. The highest BCUT2D eigenvalue weighted by Crippen LogP contribution is 2.14. The van der Waals surface area contributed by atoms with Gasteiger partial charge in [-0.1, -0.05) is 6.07 Å². The summed E-state index contributed by atoms with van der Waals surface area (Å²) in [6, 6.07) is 3.24. The van der Waals surface area contributed by atoms with Crippen LogP contribution in [0.5, 0.6) is 0 Å². The fourth-order valence-corrected chi connectivity index (χ4v) is 1.59. The molecule has 0 heterocycles. The van der Waals surface area contributed by atoms with Crippen molar-refractivity contribution in [1.82, 2.24) is 0 Å². The first-order valence-corrected chi connectivity index (χ1v) is 6.24. The second-order valence-electron chi connectivity index (χ2n) is 3.91. The Bertz CT molecular complexity index is 482. The molecule has 0 amide bonds. The Hall–Kier alpha value is -1.66. The first-order valence-electron chi connectivity index (χ1n) is 6.24. The van der Waals surface area contributed by atoms with E-state index >= 15 is 0 Å². The van der Waals surface area contributed by atoms with Crippen molar-refractivity contribution in [3.8, 4) is 0 Å². The van der Waals surface area contributed by atoms with Gasteiger partial charge in [-0.25, -0.2) is 8.78 Å². The summed E-state index contributed by atoms with van der Waals surface area (Å²) in [7, 11) is 0. The number of Topliss-reactive ketones (excluding diaryl/α,β-unsaturated/α-hetero) is 2. The third-order valence-electron chi connectivity index (χ3n) is 2.49. The van der Waals surface area contributed by atoms with Gasteiger partial charge in [0.05, 0.1) is 12.0 Å². The monoisotopic (exact) mass is 286 g/mol. The normalized spacial score (nSPS) is 10.8. The molecular weight excluding hydrogens is 270 g/mol. The molecule has 4 nitrogen and oxygen atoms in total. The highest BCUT2D eigenvalue weighted by atomic mass is 19.2. The van der Waals surface area contributed by atoms with E-state index in [4.69, 9.17) is 9.47 Å².